The summed E-state index contributed by atoms with van der Waals surface area (Å²) in [6, 6.07) is 10.2. The van der Waals surface area contributed by atoms with E-state index >= 15 is 0 Å². The first kappa shape index (κ1) is 10.2. The number of hydrogen-bond donors (Lipinski definition) is 0. The van der Waals surface area contributed by atoms with E-state index in [1.54, 1.807) is 0 Å². The fourth-order valence-corrected chi connectivity index (χ4v) is 2.25. The average Bonchev–Trinajstić information content (AvgIpc) is 2.92. The summed E-state index contributed by atoms with van der Waals surface area (Å²) < 4.78 is 5.05. The van der Waals surface area contributed by atoms with Gasteiger partial charge in [-0.15, -0.1) is 0 Å². The third kappa shape index (κ3) is 1.89. The maximum Gasteiger partial charge on any atom is 0.309 e. The van der Waals surface area contributed by atoms with Gasteiger partial charge in [-0.05, 0) is 18.4 Å². The molecule has 1 aliphatic carbocycles. The lowest BCUT2D eigenvalue weighted by Crippen LogP contribution is -2.07. The van der Waals surface area contributed by atoms with E-state index in [0.717, 1.165) is 0 Å². The molecule has 15 heavy (non-hydrogen) atoms. The fraction of sp³-hybridized carbons (Fsp3) is 0.462. The minimum Gasteiger partial charge on any atom is -0.466 e. The zero-order valence-corrected chi connectivity index (χ0v) is 9.14. The molecule has 3 atom stereocenters. The molecule has 0 aliphatic heterocycles. The first-order chi connectivity index (χ1) is 7.25. The summed E-state index contributed by atoms with van der Waals surface area (Å²) in [6.07, 6.45) is 0. The molecule has 2 heteroatoms. The first-order valence-electron chi connectivity index (χ1n) is 5.47. The first-order valence-corrected chi connectivity index (χ1v) is 5.47. The molecule has 2 nitrogen and oxygen atoms in total. The number of hydrogen-bond acceptors (Lipinski definition) is 2. The van der Waals surface area contributed by atoms with Crippen molar-refractivity contribution >= 4 is 5.97 Å². The van der Waals surface area contributed by atoms with E-state index in [1.165, 1.54) is 5.56 Å². The van der Waals surface area contributed by atoms with Crippen LogP contribution in [0.1, 0.15) is 25.3 Å². The van der Waals surface area contributed by atoms with Gasteiger partial charge in [0.05, 0.1) is 12.5 Å². The third-order valence-electron chi connectivity index (χ3n) is 3.12. The van der Waals surface area contributed by atoms with Crippen molar-refractivity contribution in [3.05, 3.63) is 35.9 Å². The van der Waals surface area contributed by atoms with Crippen molar-refractivity contribution in [2.45, 2.75) is 19.8 Å². The Morgan fingerprint density at radius 1 is 1.33 bits per heavy atom. The van der Waals surface area contributed by atoms with Gasteiger partial charge in [0, 0.05) is 5.92 Å². The molecule has 1 aromatic carbocycles. The zero-order chi connectivity index (χ0) is 10.8. The van der Waals surface area contributed by atoms with Crippen molar-refractivity contribution in [3.8, 4) is 0 Å². The third-order valence-corrected chi connectivity index (χ3v) is 3.12. The SMILES string of the molecule is CCOC(=O)[C@@H]1[C@@H](C)[C@H]1c1ccccc1. The van der Waals surface area contributed by atoms with Crippen molar-refractivity contribution in [3.63, 3.8) is 0 Å². The molecule has 0 radical (unpaired) electrons. The number of carbonyl (C=O) groups excluding carboxylic acids is 1. The van der Waals surface area contributed by atoms with Crippen LogP contribution in [0.3, 0.4) is 0 Å². The summed E-state index contributed by atoms with van der Waals surface area (Å²) in [5, 5.41) is 0. The molecule has 0 spiro atoms. The molecule has 2 rings (SSSR count). The standard InChI is InChI=1S/C13H16O2/c1-3-15-13(14)12-9(2)11(12)10-7-5-4-6-8-10/h4-9,11-12H,3H2,1-2H3/t9-,11-,12+/m0/s1. The van der Waals surface area contributed by atoms with Crippen LogP contribution < -0.4 is 0 Å². The van der Waals surface area contributed by atoms with Crippen LogP contribution in [0.4, 0.5) is 0 Å². The Hall–Kier alpha value is -1.31. The van der Waals surface area contributed by atoms with Gasteiger partial charge in [-0.2, -0.15) is 0 Å². The Morgan fingerprint density at radius 3 is 2.60 bits per heavy atom. The second-order valence-electron chi connectivity index (χ2n) is 4.07. The Morgan fingerprint density at radius 2 is 2.00 bits per heavy atom. The number of esters is 1. The molecule has 1 aromatic rings. The average molecular weight is 204 g/mol. The van der Waals surface area contributed by atoms with E-state index in [9.17, 15) is 4.79 Å². The summed E-state index contributed by atoms with van der Waals surface area (Å²) in [6.45, 7) is 4.44. The Labute approximate surface area is 90.3 Å². The van der Waals surface area contributed by atoms with Gasteiger partial charge in [-0.3, -0.25) is 4.79 Å². The summed E-state index contributed by atoms with van der Waals surface area (Å²) in [4.78, 5) is 11.6. The highest BCUT2D eigenvalue weighted by Crippen LogP contribution is 2.54. The van der Waals surface area contributed by atoms with E-state index in [1.807, 2.05) is 25.1 Å². The van der Waals surface area contributed by atoms with Crippen LogP contribution in [-0.4, -0.2) is 12.6 Å². The van der Waals surface area contributed by atoms with Crippen LogP contribution in [0.25, 0.3) is 0 Å². The van der Waals surface area contributed by atoms with Gasteiger partial charge in [0.25, 0.3) is 0 Å². The monoisotopic (exact) mass is 204 g/mol. The predicted molar refractivity (Wildman–Crippen MR) is 58.5 cm³/mol. The quantitative estimate of drug-likeness (QED) is 0.707. The lowest BCUT2D eigenvalue weighted by molar-refractivity contribution is -0.145. The molecule has 0 N–H and O–H groups in total. The highest BCUT2D eigenvalue weighted by Gasteiger charge is 2.53. The molecule has 0 amide bonds. The molecule has 1 fully saturated rings. The molecule has 0 bridgehead atoms. The van der Waals surface area contributed by atoms with Gasteiger partial charge in [0.15, 0.2) is 0 Å². The van der Waals surface area contributed by atoms with Gasteiger partial charge in [-0.25, -0.2) is 0 Å². The molecule has 1 aliphatic rings. The molecule has 80 valence electrons. The van der Waals surface area contributed by atoms with Crippen LogP contribution in [0.5, 0.6) is 0 Å². The lowest BCUT2D eigenvalue weighted by Gasteiger charge is -2.00. The Kier molecular flexibility index (Phi) is 2.76. The van der Waals surface area contributed by atoms with Crippen LogP contribution >= 0.6 is 0 Å². The molecular formula is C13H16O2. The highest BCUT2D eigenvalue weighted by molar-refractivity contribution is 5.78. The number of ether oxygens (including phenoxy) is 1. The van der Waals surface area contributed by atoms with E-state index < -0.39 is 0 Å². The van der Waals surface area contributed by atoms with Gasteiger partial charge in [0.2, 0.25) is 0 Å². The lowest BCUT2D eigenvalue weighted by atomic mass is 10.1. The second kappa shape index (κ2) is 4.05. The Balaban J connectivity index is 2.06. The molecule has 0 heterocycles. The molecule has 0 aromatic heterocycles. The smallest absolute Gasteiger partial charge is 0.309 e. The predicted octanol–water partition coefficient (Wildman–Crippen LogP) is 2.60. The largest absolute Gasteiger partial charge is 0.466 e. The maximum absolute atomic E-state index is 11.6. The van der Waals surface area contributed by atoms with Gasteiger partial charge < -0.3 is 4.74 Å². The normalized spacial score (nSPS) is 28.5. The van der Waals surface area contributed by atoms with Crippen molar-refractivity contribution in [2.24, 2.45) is 11.8 Å². The van der Waals surface area contributed by atoms with Crippen molar-refractivity contribution in [2.75, 3.05) is 6.61 Å². The van der Waals surface area contributed by atoms with Crippen LogP contribution in [-0.2, 0) is 9.53 Å². The summed E-state index contributed by atoms with van der Waals surface area (Å²) >= 11 is 0. The molecular weight excluding hydrogens is 188 g/mol. The van der Waals surface area contributed by atoms with Gasteiger partial charge in [0.1, 0.15) is 0 Å². The van der Waals surface area contributed by atoms with Crippen molar-refractivity contribution in [1.29, 1.82) is 0 Å². The number of rotatable bonds is 3. The number of carbonyl (C=O) groups is 1. The van der Waals surface area contributed by atoms with E-state index in [4.69, 9.17) is 4.74 Å². The van der Waals surface area contributed by atoms with Gasteiger partial charge >= 0.3 is 5.97 Å². The number of benzene rings is 1. The molecule has 1 saturated carbocycles. The van der Waals surface area contributed by atoms with E-state index in [2.05, 4.69) is 19.1 Å². The Bertz CT molecular complexity index is 345. The van der Waals surface area contributed by atoms with Crippen LogP contribution in [0, 0.1) is 11.8 Å². The van der Waals surface area contributed by atoms with Crippen molar-refractivity contribution in [1.82, 2.24) is 0 Å². The van der Waals surface area contributed by atoms with Gasteiger partial charge in [-0.1, -0.05) is 37.3 Å². The topological polar surface area (TPSA) is 26.3 Å². The second-order valence-corrected chi connectivity index (χ2v) is 4.07. The van der Waals surface area contributed by atoms with E-state index in [0.29, 0.717) is 18.4 Å². The van der Waals surface area contributed by atoms with E-state index in [-0.39, 0.29) is 11.9 Å². The fourth-order valence-electron chi connectivity index (χ4n) is 2.25. The summed E-state index contributed by atoms with van der Waals surface area (Å²) in [7, 11) is 0. The summed E-state index contributed by atoms with van der Waals surface area (Å²) in [5.41, 5.74) is 1.25. The van der Waals surface area contributed by atoms with Crippen LogP contribution in [0.2, 0.25) is 0 Å². The van der Waals surface area contributed by atoms with Crippen molar-refractivity contribution < 1.29 is 9.53 Å². The van der Waals surface area contributed by atoms with Crippen LogP contribution in [0.15, 0.2) is 30.3 Å². The maximum atomic E-state index is 11.6. The molecule has 0 saturated heterocycles. The minimum absolute atomic E-state index is 0.0427. The summed E-state index contributed by atoms with van der Waals surface area (Å²) in [5.74, 6) is 0.822. The highest BCUT2D eigenvalue weighted by atomic mass is 16.5. The molecule has 0 unspecified atom stereocenters. The zero-order valence-electron chi connectivity index (χ0n) is 9.14. The minimum atomic E-state index is -0.0427.